The fourth-order valence-corrected chi connectivity index (χ4v) is 4.37. The van der Waals surface area contributed by atoms with Gasteiger partial charge in [0.25, 0.3) is 0 Å². The Kier molecular flexibility index (Phi) is 6.67. The number of para-hydroxylation sites is 2. The van der Waals surface area contributed by atoms with E-state index in [0.717, 1.165) is 35.2 Å². The number of hydrogen-bond donors (Lipinski definition) is 1. The van der Waals surface area contributed by atoms with Gasteiger partial charge in [0.15, 0.2) is 0 Å². The quantitative estimate of drug-likeness (QED) is 0.783. The first-order valence-corrected chi connectivity index (χ1v) is 11.2. The van der Waals surface area contributed by atoms with Gasteiger partial charge >= 0.3 is 6.03 Å². The first kappa shape index (κ1) is 21.4. The van der Waals surface area contributed by atoms with Crippen LogP contribution in [0.3, 0.4) is 0 Å². The van der Waals surface area contributed by atoms with Gasteiger partial charge in [0.1, 0.15) is 10.8 Å². The fraction of sp³-hybridized carbons (Fsp3) is 0.545. The number of hydrogen-bond acceptors (Lipinski definition) is 5. The number of nitrogens with one attached hydrogen (secondary N) is 1. The van der Waals surface area contributed by atoms with Crippen molar-refractivity contribution >= 4 is 23.1 Å². The summed E-state index contributed by atoms with van der Waals surface area (Å²) < 4.78 is 5.75. The molecule has 1 aromatic carbocycles. The molecule has 2 amide bonds. The molecule has 1 aliphatic rings. The number of ether oxygens (including phenoxy) is 1. The first-order chi connectivity index (χ1) is 13.8. The molecule has 2 aromatic rings. The summed E-state index contributed by atoms with van der Waals surface area (Å²) in [5.41, 5.74) is 2.19. The highest BCUT2D eigenvalue weighted by Gasteiger charge is 2.25. The molecule has 1 atom stereocenters. The van der Waals surface area contributed by atoms with Crippen LogP contribution in [0, 0.1) is 0 Å². The summed E-state index contributed by atoms with van der Waals surface area (Å²) >= 11 is 1.61. The lowest BCUT2D eigenvalue weighted by Gasteiger charge is -2.37. The second-order valence-electron chi connectivity index (χ2n) is 8.37. The van der Waals surface area contributed by atoms with Gasteiger partial charge in [-0.15, -0.1) is 11.3 Å². The van der Waals surface area contributed by atoms with Crippen LogP contribution >= 0.6 is 11.3 Å². The highest BCUT2D eigenvalue weighted by atomic mass is 32.1. The van der Waals surface area contributed by atoms with Crippen LogP contribution in [-0.4, -0.2) is 48.7 Å². The molecule has 2 heterocycles. The minimum Gasteiger partial charge on any atom is -0.492 e. The smallest absolute Gasteiger partial charge is 0.318 e. The number of rotatable bonds is 5. The van der Waals surface area contributed by atoms with Gasteiger partial charge in [0, 0.05) is 37.0 Å². The summed E-state index contributed by atoms with van der Waals surface area (Å²) in [6.45, 7) is 14.0. The van der Waals surface area contributed by atoms with Gasteiger partial charge in [-0.25, -0.2) is 9.78 Å². The van der Waals surface area contributed by atoms with Gasteiger partial charge < -0.3 is 19.9 Å². The molecule has 1 aromatic heterocycles. The van der Waals surface area contributed by atoms with Gasteiger partial charge in [0.2, 0.25) is 0 Å². The average Bonchev–Trinajstić information content (AvgIpc) is 3.20. The van der Waals surface area contributed by atoms with Crippen molar-refractivity contribution in [2.24, 2.45) is 0 Å². The molecule has 0 aliphatic carbocycles. The molecule has 0 bridgehead atoms. The molecule has 1 fully saturated rings. The Bertz CT molecular complexity index is 822. The van der Waals surface area contributed by atoms with Gasteiger partial charge in [-0.3, -0.25) is 0 Å². The van der Waals surface area contributed by atoms with Crippen molar-refractivity contribution in [2.45, 2.75) is 46.1 Å². The Morgan fingerprint density at radius 1 is 1.24 bits per heavy atom. The van der Waals surface area contributed by atoms with E-state index in [2.05, 4.69) is 42.4 Å². The molecule has 3 rings (SSSR count). The molecule has 1 N–H and O–H groups in total. The van der Waals surface area contributed by atoms with Crippen LogP contribution in [0.5, 0.6) is 5.75 Å². The molecule has 1 saturated heterocycles. The standard InChI is InChI=1S/C22H32N4O2S/c1-6-28-18-10-8-7-9-17(18)25-11-13-26(14-12-25)21(27)23-16(2)20-24-19(15-29-20)22(3,4)5/h7-10,15-16H,6,11-14H2,1-5H3,(H,23,27). The van der Waals surface area contributed by atoms with Gasteiger partial charge in [-0.1, -0.05) is 32.9 Å². The minimum absolute atomic E-state index is 0.0204. The maximum absolute atomic E-state index is 12.7. The molecule has 1 unspecified atom stereocenters. The highest BCUT2D eigenvalue weighted by molar-refractivity contribution is 7.09. The van der Waals surface area contributed by atoms with Crippen molar-refractivity contribution in [1.29, 1.82) is 0 Å². The monoisotopic (exact) mass is 416 g/mol. The van der Waals surface area contributed by atoms with Gasteiger partial charge in [0.05, 0.1) is 24.0 Å². The molecule has 6 nitrogen and oxygen atoms in total. The van der Waals surface area contributed by atoms with Crippen molar-refractivity contribution in [3.05, 3.63) is 40.3 Å². The molecule has 1 aliphatic heterocycles. The van der Waals surface area contributed by atoms with E-state index in [-0.39, 0.29) is 17.5 Å². The summed E-state index contributed by atoms with van der Waals surface area (Å²) in [7, 11) is 0. The fourth-order valence-electron chi connectivity index (χ4n) is 3.32. The number of thiazole rings is 1. The topological polar surface area (TPSA) is 57.7 Å². The maximum atomic E-state index is 12.7. The zero-order valence-electron chi connectivity index (χ0n) is 18.1. The van der Waals surface area contributed by atoms with Crippen LogP contribution in [-0.2, 0) is 5.41 Å². The van der Waals surface area contributed by atoms with E-state index in [1.54, 1.807) is 11.3 Å². The van der Waals surface area contributed by atoms with E-state index in [9.17, 15) is 4.79 Å². The molecule has 29 heavy (non-hydrogen) atoms. The number of carbonyl (C=O) groups is 1. The Morgan fingerprint density at radius 2 is 1.93 bits per heavy atom. The minimum atomic E-state index is -0.0969. The first-order valence-electron chi connectivity index (χ1n) is 10.3. The number of piperazine rings is 1. The summed E-state index contributed by atoms with van der Waals surface area (Å²) in [4.78, 5) is 21.6. The predicted octanol–water partition coefficient (Wildman–Crippen LogP) is 4.43. The number of aromatic nitrogens is 1. The second-order valence-corrected chi connectivity index (χ2v) is 9.26. The van der Waals surface area contributed by atoms with E-state index < -0.39 is 0 Å². The Hall–Kier alpha value is -2.28. The van der Waals surface area contributed by atoms with Crippen LogP contribution in [0.4, 0.5) is 10.5 Å². The number of anilines is 1. The van der Waals surface area contributed by atoms with Crippen LogP contribution in [0.1, 0.15) is 51.4 Å². The summed E-state index contributed by atoms with van der Waals surface area (Å²) in [6, 6.07) is 7.97. The Balaban J connectivity index is 1.56. The molecule has 0 spiro atoms. The van der Waals surface area contributed by atoms with Crippen molar-refractivity contribution in [1.82, 2.24) is 15.2 Å². The van der Waals surface area contributed by atoms with Crippen molar-refractivity contribution < 1.29 is 9.53 Å². The molecular formula is C22H32N4O2S. The third kappa shape index (κ3) is 5.21. The average molecular weight is 417 g/mol. The SMILES string of the molecule is CCOc1ccccc1N1CCN(C(=O)NC(C)c2nc(C(C)(C)C)cs2)CC1. The number of amides is 2. The maximum Gasteiger partial charge on any atom is 0.318 e. The lowest BCUT2D eigenvalue weighted by atomic mass is 9.93. The van der Waals surface area contributed by atoms with Crippen molar-refractivity contribution in [3.8, 4) is 5.75 Å². The van der Waals surface area contributed by atoms with Crippen molar-refractivity contribution in [2.75, 3.05) is 37.7 Å². The second kappa shape index (κ2) is 9.03. The Morgan fingerprint density at radius 3 is 2.55 bits per heavy atom. The predicted molar refractivity (Wildman–Crippen MR) is 119 cm³/mol. The number of urea groups is 1. The zero-order valence-corrected chi connectivity index (χ0v) is 18.9. The van der Waals surface area contributed by atoms with Crippen LogP contribution in [0.15, 0.2) is 29.6 Å². The number of benzene rings is 1. The normalized spacial score (nSPS) is 15.9. The van der Waals surface area contributed by atoms with E-state index >= 15 is 0 Å². The van der Waals surface area contributed by atoms with Crippen LogP contribution in [0.2, 0.25) is 0 Å². The highest BCUT2D eigenvalue weighted by Crippen LogP contribution is 2.29. The summed E-state index contributed by atoms with van der Waals surface area (Å²) in [6.07, 6.45) is 0. The van der Waals surface area contributed by atoms with Gasteiger partial charge in [-0.05, 0) is 26.0 Å². The molecule has 158 valence electrons. The third-order valence-corrected chi connectivity index (χ3v) is 6.10. The largest absolute Gasteiger partial charge is 0.492 e. The zero-order chi connectivity index (χ0) is 21.0. The van der Waals surface area contributed by atoms with E-state index in [1.165, 1.54) is 0 Å². The third-order valence-electron chi connectivity index (χ3n) is 5.07. The van der Waals surface area contributed by atoms with E-state index in [0.29, 0.717) is 19.7 Å². The lowest BCUT2D eigenvalue weighted by molar-refractivity contribution is 0.191. The van der Waals surface area contributed by atoms with Crippen molar-refractivity contribution in [3.63, 3.8) is 0 Å². The lowest BCUT2D eigenvalue weighted by Crippen LogP contribution is -2.52. The number of carbonyl (C=O) groups excluding carboxylic acids is 1. The van der Waals surface area contributed by atoms with Gasteiger partial charge in [-0.2, -0.15) is 0 Å². The molecule has 0 radical (unpaired) electrons. The summed E-state index contributed by atoms with van der Waals surface area (Å²) in [5, 5.41) is 6.15. The van der Waals surface area contributed by atoms with E-state index in [1.807, 2.05) is 36.9 Å². The van der Waals surface area contributed by atoms with Crippen LogP contribution in [0.25, 0.3) is 0 Å². The Labute approximate surface area is 177 Å². The van der Waals surface area contributed by atoms with Crippen LogP contribution < -0.4 is 15.0 Å². The molecule has 7 heteroatoms. The number of nitrogens with zero attached hydrogens (tertiary/aromatic N) is 3. The molecular weight excluding hydrogens is 384 g/mol. The van der Waals surface area contributed by atoms with E-state index in [4.69, 9.17) is 9.72 Å². The summed E-state index contributed by atoms with van der Waals surface area (Å²) in [5.74, 6) is 0.903. The molecule has 0 saturated carbocycles.